The zero-order valence-corrected chi connectivity index (χ0v) is 10.2. The van der Waals surface area contributed by atoms with Gasteiger partial charge in [0.1, 0.15) is 0 Å². The van der Waals surface area contributed by atoms with E-state index in [0.29, 0.717) is 5.56 Å². The fourth-order valence-corrected chi connectivity index (χ4v) is 1.90. The molecule has 2 rings (SSSR count). The Labute approximate surface area is 106 Å². The van der Waals surface area contributed by atoms with Gasteiger partial charge in [0, 0.05) is 6.54 Å². The van der Waals surface area contributed by atoms with Crippen LogP contribution in [0.3, 0.4) is 0 Å². The number of nitrogens with one attached hydrogen (secondary N) is 1. The van der Waals surface area contributed by atoms with Gasteiger partial charge in [0.05, 0.1) is 5.56 Å². The number of hydrogen-bond acceptors (Lipinski definition) is 2. The van der Waals surface area contributed by atoms with E-state index in [4.69, 9.17) is 5.11 Å². The summed E-state index contributed by atoms with van der Waals surface area (Å²) in [5, 5.41) is 12.1. The van der Waals surface area contributed by atoms with E-state index >= 15 is 0 Å². The molecule has 0 spiro atoms. The van der Waals surface area contributed by atoms with Gasteiger partial charge in [0.2, 0.25) is 0 Å². The highest BCUT2D eigenvalue weighted by atomic mass is 16.4. The molecule has 0 atom stereocenters. The Bertz CT molecular complexity index is 564. The van der Waals surface area contributed by atoms with Crippen molar-refractivity contribution in [2.45, 2.75) is 6.54 Å². The third kappa shape index (κ3) is 2.76. The highest BCUT2D eigenvalue weighted by Gasteiger charge is 2.05. The molecule has 0 aromatic heterocycles. The number of carbonyl (C=O) groups is 1. The molecule has 2 N–H and O–H groups in total. The number of hydrogen-bond donors (Lipinski definition) is 2. The molecule has 3 nitrogen and oxygen atoms in total. The van der Waals surface area contributed by atoms with Crippen molar-refractivity contribution in [1.82, 2.24) is 5.32 Å². The van der Waals surface area contributed by atoms with Crippen LogP contribution in [0.4, 0.5) is 0 Å². The minimum atomic E-state index is -0.900. The predicted octanol–water partition coefficient (Wildman–Crippen LogP) is 2.77. The van der Waals surface area contributed by atoms with Crippen LogP contribution >= 0.6 is 0 Å². The van der Waals surface area contributed by atoms with Gasteiger partial charge in [-0.1, -0.05) is 30.3 Å². The normalized spacial score (nSPS) is 10.3. The average Bonchev–Trinajstić information content (AvgIpc) is 2.39. The Hall–Kier alpha value is -2.13. The predicted molar refractivity (Wildman–Crippen MR) is 71.6 cm³/mol. The second-order valence-corrected chi connectivity index (χ2v) is 4.12. The number of carboxylic acids is 1. The lowest BCUT2D eigenvalue weighted by molar-refractivity contribution is 0.0697. The van der Waals surface area contributed by atoms with Gasteiger partial charge in [-0.05, 0) is 41.9 Å². The van der Waals surface area contributed by atoms with Crippen LogP contribution in [0.25, 0.3) is 11.1 Å². The zero-order valence-electron chi connectivity index (χ0n) is 10.2. The molecular formula is C15H15NO2. The number of aromatic carboxylic acids is 1. The molecule has 0 bridgehead atoms. The van der Waals surface area contributed by atoms with Gasteiger partial charge >= 0.3 is 5.97 Å². The topological polar surface area (TPSA) is 49.3 Å². The first-order chi connectivity index (χ1) is 8.70. The summed E-state index contributed by atoms with van der Waals surface area (Å²) in [5.41, 5.74) is 3.45. The van der Waals surface area contributed by atoms with Crippen LogP contribution in [0.1, 0.15) is 15.9 Å². The maximum Gasteiger partial charge on any atom is 0.335 e. The van der Waals surface area contributed by atoms with Crippen LogP contribution in [0, 0.1) is 0 Å². The van der Waals surface area contributed by atoms with Gasteiger partial charge in [-0.2, -0.15) is 0 Å². The molecule has 2 aromatic rings. The summed E-state index contributed by atoms with van der Waals surface area (Å²) in [6, 6.07) is 15.1. The summed E-state index contributed by atoms with van der Waals surface area (Å²) in [7, 11) is 1.90. The Morgan fingerprint density at radius 1 is 1.11 bits per heavy atom. The fraction of sp³-hybridized carbons (Fsp3) is 0.133. The van der Waals surface area contributed by atoms with Crippen molar-refractivity contribution in [2.75, 3.05) is 7.05 Å². The van der Waals surface area contributed by atoms with Crippen LogP contribution in [0.5, 0.6) is 0 Å². The minimum Gasteiger partial charge on any atom is -0.478 e. The second kappa shape index (κ2) is 5.47. The van der Waals surface area contributed by atoms with Gasteiger partial charge < -0.3 is 10.4 Å². The molecule has 0 unspecified atom stereocenters. The Balaban J connectivity index is 2.38. The molecule has 0 heterocycles. The van der Waals surface area contributed by atoms with Crippen LogP contribution in [0.15, 0.2) is 48.5 Å². The van der Waals surface area contributed by atoms with Gasteiger partial charge in [-0.25, -0.2) is 4.79 Å². The molecule has 0 saturated carbocycles. The quantitative estimate of drug-likeness (QED) is 0.865. The lowest BCUT2D eigenvalue weighted by Gasteiger charge is -2.06. The van der Waals surface area contributed by atoms with E-state index in [2.05, 4.69) is 11.4 Å². The number of benzene rings is 2. The third-order valence-electron chi connectivity index (χ3n) is 2.75. The molecule has 0 aliphatic rings. The molecule has 0 radical (unpaired) electrons. The molecule has 2 aromatic carbocycles. The van der Waals surface area contributed by atoms with E-state index in [1.54, 1.807) is 18.2 Å². The first-order valence-electron chi connectivity index (χ1n) is 5.78. The maximum absolute atomic E-state index is 10.9. The first-order valence-corrected chi connectivity index (χ1v) is 5.78. The summed E-state index contributed by atoms with van der Waals surface area (Å²) in [5.74, 6) is -0.900. The summed E-state index contributed by atoms with van der Waals surface area (Å²) < 4.78 is 0. The van der Waals surface area contributed by atoms with Crippen molar-refractivity contribution in [3.63, 3.8) is 0 Å². The maximum atomic E-state index is 10.9. The first kappa shape index (κ1) is 12.3. The molecule has 3 heteroatoms. The largest absolute Gasteiger partial charge is 0.478 e. The zero-order chi connectivity index (χ0) is 13.0. The summed E-state index contributed by atoms with van der Waals surface area (Å²) in [4.78, 5) is 10.9. The smallest absolute Gasteiger partial charge is 0.335 e. The highest BCUT2D eigenvalue weighted by Crippen LogP contribution is 2.21. The molecular weight excluding hydrogens is 226 g/mol. The Morgan fingerprint density at radius 3 is 2.44 bits per heavy atom. The summed E-state index contributed by atoms with van der Waals surface area (Å²) >= 11 is 0. The van der Waals surface area contributed by atoms with E-state index in [0.717, 1.165) is 17.7 Å². The number of carboxylic acid groups (broad SMARTS) is 1. The van der Waals surface area contributed by atoms with E-state index in [9.17, 15) is 4.79 Å². The van der Waals surface area contributed by atoms with Crippen LogP contribution < -0.4 is 5.32 Å². The lowest BCUT2D eigenvalue weighted by atomic mass is 10.0. The van der Waals surface area contributed by atoms with Crippen molar-refractivity contribution in [2.24, 2.45) is 0 Å². The average molecular weight is 241 g/mol. The van der Waals surface area contributed by atoms with E-state index in [1.807, 2.05) is 31.3 Å². The Kier molecular flexibility index (Phi) is 3.75. The summed E-state index contributed by atoms with van der Waals surface area (Å²) in [6.07, 6.45) is 0. The summed E-state index contributed by atoms with van der Waals surface area (Å²) in [6.45, 7) is 0.798. The fourth-order valence-electron chi connectivity index (χ4n) is 1.90. The highest BCUT2D eigenvalue weighted by molar-refractivity contribution is 5.89. The van der Waals surface area contributed by atoms with Crippen LogP contribution in [-0.2, 0) is 6.54 Å². The lowest BCUT2D eigenvalue weighted by Crippen LogP contribution is -2.04. The number of rotatable bonds is 4. The van der Waals surface area contributed by atoms with Crippen molar-refractivity contribution < 1.29 is 9.90 Å². The van der Waals surface area contributed by atoms with Gasteiger partial charge in [0.25, 0.3) is 0 Å². The molecule has 0 saturated heterocycles. The van der Waals surface area contributed by atoms with E-state index in [1.165, 1.54) is 5.56 Å². The minimum absolute atomic E-state index is 0.312. The Morgan fingerprint density at radius 2 is 1.78 bits per heavy atom. The van der Waals surface area contributed by atoms with Gasteiger partial charge in [-0.3, -0.25) is 0 Å². The SMILES string of the molecule is CNCc1cccc(-c2cccc(C(=O)O)c2)c1. The second-order valence-electron chi connectivity index (χ2n) is 4.12. The van der Waals surface area contributed by atoms with Gasteiger partial charge in [-0.15, -0.1) is 0 Å². The van der Waals surface area contributed by atoms with Crippen LogP contribution in [-0.4, -0.2) is 18.1 Å². The third-order valence-corrected chi connectivity index (χ3v) is 2.75. The van der Waals surface area contributed by atoms with Crippen molar-refractivity contribution in [3.8, 4) is 11.1 Å². The van der Waals surface area contributed by atoms with Crippen molar-refractivity contribution >= 4 is 5.97 Å². The molecule has 18 heavy (non-hydrogen) atoms. The van der Waals surface area contributed by atoms with Crippen molar-refractivity contribution in [3.05, 3.63) is 59.7 Å². The molecule has 0 amide bonds. The molecule has 0 aliphatic heterocycles. The molecule has 0 aliphatic carbocycles. The van der Waals surface area contributed by atoms with Crippen LogP contribution in [0.2, 0.25) is 0 Å². The van der Waals surface area contributed by atoms with Gasteiger partial charge in [0.15, 0.2) is 0 Å². The molecule has 92 valence electrons. The molecule has 0 fully saturated rings. The van der Waals surface area contributed by atoms with E-state index < -0.39 is 5.97 Å². The van der Waals surface area contributed by atoms with E-state index in [-0.39, 0.29) is 0 Å². The van der Waals surface area contributed by atoms with Crippen molar-refractivity contribution in [1.29, 1.82) is 0 Å². The standard InChI is InChI=1S/C15H15NO2/c1-16-10-11-4-2-5-12(8-11)13-6-3-7-14(9-13)15(17)18/h2-9,16H,10H2,1H3,(H,17,18). The monoisotopic (exact) mass is 241 g/mol.